The molecule has 0 heterocycles. The van der Waals surface area contributed by atoms with Crippen LogP contribution >= 0.6 is 0 Å². The van der Waals surface area contributed by atoms with E-state index in [1.807, 2.05) is 5.57 Å². The molecule has 0 N–H and O–H groups in total. The summed E-state index contributed by atoms with van der Waals surface area (Å²) in [7, 11) is 0. The smallest absolute Gasteiger partial charge is 0.136 e. The molecule has 4 aliphatic carbocycles. The molecular formula is C29H46O. The molecular weight excluding hydrogens is 364 g/mol. The second kappa shape index (κ2) is 7.63. The van der Waals surface area contributed by atoms with E-state index < -0.39 is 0 Å². The molecule has 0 saturated heterocycles. The van der Waals surface area contributed by atoms with E-state index in [0.29, 0.717) is 27.9 Å². The monoisotopic (exact) mass is 410 g/mol. The van der Waals surface area contributed by atoms with E-state index in [4.69, 9.17) is 0 Å². The Bertz CT molecular complexity index is 767. The minimum Gasteiger partial charge on any atom is -0.299 e. The van der Waals surface area contributed by atoms with Gasteiger partial charge < -0.3 is 0 Å². The SMILES string of the molecule is CC(C)=CCCC(C)=C1CC[C@@]2(C)[C@H]1CC[C@H]1[C@@]3(C)CCC(=O)[C@H](C)[C@@H]3CC[C@@]12C. The second-order valence-electron chi connectivity index (χ2n) is 12.5. The first kappa shape index (κ1) is 22.3. The molecule has 30 heavy (non-hydrogen) atoms. The zero-order valence-corrected chi connectivity index (χ0v) is 20.9. The minimum absolute atomic E-state index is 0.287. The lowest BCUT2D eigenvalue weighted by atomic mass is 9.37. The van der Waals surface area contributed by atoms with Gasteiger partial charge in [0, 0.05) is 12.3 Å². The van der Waals surface area contributed by atoms with Crippen molar-refractivity contribution in [2.24, 2.45) is 39.9 Å². The van der Waals surface area contributed by atoms with E-state index in [9.17, 15) is 4.79 Å². The van der Waals surface area contributed by atoms with Gasteiger partial charge in [-0.3, -0.25) is 4.79 Å². The maximum absolute atomic E-state index is 12.5. The number of Topliss-reactive ketones (excluding diaryl/α,β-unsaturated/α-hetero) is 1. The molecule has 7 atom stereocenters. The number of hydrogen-bond acceptors (Lipinski definition) is 1. The van der Waals surface area contributed by atoms with E-state index in [-0.39, 0.29) is 5.92 Å². The van der Waals surface area contributed by atoms with Gasteiger partial charge in [0.15, 0.2) is 0 Å². The van der Waals surface area contributed by atoms with Crippen LogP contribution in [0.2, 0.25) is 0 Å². The van der Waals surface area contributed by atoms with E-state index in [1.165, 1.54) is 56.9 Å². The zero-order valence-electron chi connectivity index (χ0n) is 20.9. The molecule has 0 aromatic rings. The minimum atomic E-state index is 0.287. The highest BCUT2D eigenvalue weighted by atomic mass is 16.1. The highest BCUT2D eigenvalue weighted by molar-refractivity contribution is 5.82. The highest BCUT2D eigenvalue weighted by Crippen LogP contribution is 2.74. The van der Waals surface area contributed by atoms with Crippen LogP contribution in [-0.2, 0) is 4.79 Å². The third kappa shape index (κ3) is 3.12. The summed E-state index contributed by atoms with van der Waals surface area (Å²) < 4.78 is 0. The van der Waals surface area contributed by atoms with Gasteiger partial charge in [-0.1, -0.05) is 50.5 Å². The van der Waals surface area contributed by atoms with Gasteiger partial charge in [-0.2, -0.15) is 0 Å². The van der Waals surface area contributed by atoms with Gasteiger partial charge in [0.2, 0.25) is 0 Å². The largest absolute Gasteiger partial charge is 0.299 e. The number of allylic oxidation sites excluding steroid dienone is 4. The van der Waals surface area contributed by atoms with E-state index in [1.54, 1.807) is 5.57 Å². The molecule has 4 rings (SSSR count). The molecule has 4 aliphatic rings. The predicted molar refractivity (Wildman–Crippen MR) is 127 cm³/mol. The fourth-order valence-electron chi connectivity index (χ4n) is 9.19. The maximum atomic E-state index is 12.5. The second-order valence-corrected chi connectivity index (χ2v) is 12.5. The number of fused-ring (bicyclic) bond motifs is 5. The van der Waals surface area contributed by atoms with E-state index in [2.05, 4.69) is 54.5 Å². The van der Waals surface area contributed by atoms with Gasteiger partial charge in [0.25, 0.3) is 0 Å². The molecule has 0 aliphatic heterocycles. The summed E-state index contributed by atoms with van der Waals surface area (Å²) in [5, 5.41) is 0. The van der Waals surface area contributed by atoms with Crippen molar-refractivity contribution >= 4 is 5.78 Å². The van der Waals surface area contributed by atoms with Gasteiger partial charge in [0.1, 0.15) is 5.78 Å². The fourth-order valence-corrected chi connectivity index (χ4v) is 9.19. The fraction of sp³-hybridized carbons (Fsp3) is 0.828. The zero-order chi connectivity index (χ0) is 21.9. The van der Waals surface area contributed by atoms with Crippen molar-refractivity contribution in [3.63, 3.8) is 0 Å². The lowest BCUT2D eigenvalue weighted by Gasteiger charge is -2.67. The van der Waals surface area contributed by atoms with Crippen molar-refractivity contribution in [2.45, 2.75) is 113 Å². The molecule has 0 amide bonds. The third-order valence-corrected chi connectivity index (χ3v) is 11.2. The van der Waals surface area contributed by atoms with Gasteiger partial charge in [-0.05, 0) is 113 Å². The lowest BCUT2D eigenvalue weighted by molar-refractivity contribution is -0.185. The average Bonchev–Trinajstić information content (AvgIpc) is 3.03. The van der Waals surface area contributed by atoms with Crippen molar-refractivity contribution in [3.05, 3.63) is 22.8 Å². The molecule has 1 heteroatoms. The van der Waals surface area contributed by atoms with Crippen LogP contribution in [0.4, 0.5) is 0 Å². The summed E-state index contributed by atoms with van der Waals surface area (Å²) in [4.78, 5) is 12.5. The van der Waals surface area contributed by atoms with Crippen molar-refractivity contribution in [3.8, 4) is 0 Å². The van der Waals surface area contributed by atoms with Gasteiger partial charge >= 0.3 is 0 Å². The number of carbonyl (C=O) groups excluding carboxylic acids is 1. The average molecular weight is 411 g/mol. The molecule has 168 valence electrons. The maximum Gasteiger partial charge on any atom is 0.136 e. The van der Waals surface area contributed by atoms with Gasteiger partial charge in [-0.15, -0.1) is 0 Å². The first-order valence-corrected chi connectivity index (χ1v) is 12.9. The van der Waals surface area contributed by atoms with Gasteiger partial charge in [-0.25, -0.2) is 0 Å². The number of rotatable bonds is 3. The van der Waals surface area contributed by atoms with Crippen LogP contribution in [0.1, 0.15) is 113 Å². The summed E-state index contributed by atoms with van der Waals surface area (Å²) >= 11 is 0. The molecule has 0 aromatic heterocycles. The van der Waals surface area contributed by atoms with Crippen LogP contribution in [0, 0.1) is 39.9 Å². The lowest BCUT2D eigenvalue weighted by Crippen LogP contribution is -2.61. The van der Waals surface area contributed by atoms with Crippen LogP contribution in [0.5, 0.6) is 0 Å². The molecule has 4 saturated carbocycles. The third-order valence-electron chi connectivity index (χ3n) is 11.2. The Balaban J connectivity index is 1.63. The standard InChI is InChI=1S/C29H46O/c1-19(2)9-8-10-20(3)22-13-17-28(6)24(22)11-12-26-27(5)16-15-25(30)21(4)23(27)14-18-29(26,28)7/h9,21,23-24,26H,8,10-18H2,1-7H3/t21-,23+,24+,26+,27+,28+,29+/m1/s1. The van der Waals surface area contributed by atoms with Crippen molar-refractivity contribution in [2.75, 3.05) is 0 Å². The summed E-state index contributed by atoms with van der Waals surface area (Å²) in [6.07, 6.45) is 14.9. The van der Waals surface area contributed by atoms with Crippen molar-refractivity contribution in [1.29, 1.82) is 0 Å². The number of hydrogen-bond donors (Lipinski definition) is 0. The Morgan fingerprint density at radius 2 is 1.70 bits per heavy atom. The quantitative estimate of drug-likeness (QED) is 0.428. The molecule has 0 spiro atoms. The Morgan fingerprint density at radius 1 is 0.967 bits per heavy atom. The Morgan fingerprint density at radius 3 is 2.40 bits per heavy atom. The Labute approximate surface area is 186 Å². The molecule has 0 radical (unpaired) electrons. The molecule has 0 bridgehead atoms. The summed E-state index contributed by atoms with van der Waals surface area (Å²) in [5.74, 6) is 3.05. The summed E-state index contributed by atoms with van der Waals surface area (Å²) in [5.41, 5.74) is 6.23. The van der Waals surface area contributed by atoms with Crippen LogP contribution in [0.25, 0.3) is 0 Å². The highest BCUT2D eigenvalue weighted by Gasteiger charge is 2.66. The normalized spacial score (nSPS) is 47.2. The van der Waals surface area contributed by atoms with E-state index in [0.717, 1.165) is 24.7 Å². The Hall–Kier alpha value is -0.850. The molecule has 1 nitrogen and oxygen atoms in total. The first-order chi connectivity index (χ1) is 14.0. The molecule has 0 unspecified atom stereocenters. The number of carbonyl (C=O) groups is 1. The van der Waals surface area contributed by atoms with E-state index >= 15 is 0 Å². The predicted octanol–water partition coefficient (Wildman–Crippen LogP) is 8.30. The van der Waals surface area contributed by atoms with Crippen molar-refractivity contribution in [1.82, 2.24) is 0 Å². The molecule has 4 fully saturated rings. The first-order valence-electron chi connectivity index (χ1n) is 12.9. The van der Waals surface area contributed by atoms with Crippen LogP contribution in [0.15, 0.2) is 22.8 Å². The Kier molecular flexibility index (Phi) is 5.68. The topological polar surface area (TPSA) is 17.1 Å². The van der Waals surface area contributed by atoms with Crippen LogP contribution in [0.3, 0.4) is 0 Å². The van der Waals surface area contributed by atoms with Crippen molar-refractivity contribution < 1.29 is 4.79 Å². The van der Waals surface area contributed by atoms with Crippen LogP contribution in [-0.4, -0.2) is 5.78 Å². The molecule has 0 aromatic carbocycles. The van der Waals surface area contributed by atoms with Crippen LogP contribution < -0.4 is 0 Å². The van der Waals surface area contributed by atoms with Gasteiger partial charge in [0.05, 0.1) is 0 Å². The summed E-state index contributed by atoms with van der Waals surface area (Å²) in [6, 6.07) is 0. The number of ketones is 1. The summed E-state index contributed by atoms with van der Waals surface area (Å²) in [6.45, 7) is 17.0.